The van der Waals surface area contributed by atoms with Crippen LogP contribution in [0, 0.1) is 5.82 Å². The van der Waals surface area contributed by atoms with E-state index in [1.165, 1.54) is 6.07 Å². The van der Waals surface area contributed by atoms with Crippen LogP contribution in [0.25, 0.3) is 10.4 Å². The fourth-order valence-electron chi connectivity index (χ4n) is 1.67. The predicted octanol–water partition coefficient (Wildman–Crippen LogP) is 3.32. The molecule has 4 nitrogen and oxygen atoms in total. The first-order valence-electron chi connectivity index (χ1n) is 4.98. The standard InChI is InChI=1S/C10H11FN4S/c11-9-7-8(13-14-12)1-2-10(9)15-3-5-16-6-4-15/h1-2,7H,3-6H2. The van der Waals surface area contributed by atoms with Gasteiger partial charge in [-0.2, -0.15) is 11.8 Å². The van der Waals surface area contributed by atoms with Gasteiger partial charge in [-0.1, -0.05) is 11.2 Å². The summed E-state index contributed by atoms with van der Waals surface area (Å²) < 4.78 is 13.7. The Balaban J connectivity index is 2.24. The van der Waals surface area contributed by atoms with Crippen molar-refractivity contribution < 1.29 is 4.39 Å². The van der Waals surface area contributed by atoms with E-state index in [1.807, 2.05) is 16.7 Å². The second-order valence-electron chi connectivity index (χ2n) is 3.42. The smallest absolute Gasteiger partial charge is 0.146 e. The lowest BCUT2D eigenvalue weighted by molar-refractivity contribution is 0.620. The Morgan fingerprint density at radius 2 is 2.12 bits per heavy atom. The van der Waals surface area contributed by atoms with Crippen molar-refractivity contribution in [3.63, 3.8) is 0 Å². The van der Waals surface area contributed by atoms with Gasteiger partial charge in [-0.15, -0.1) is 0 Å². The number of anilines is 1. The largest absolute Gasteiger partial charge is 0.368 e. The quantitative estimate of drug-likeness (QED) is 0.451. The third-order valence-electron chi connectivity index (χ3n) is 2.44. The minimum Gasteiger partial charge on any atom is -0.368 e. The normalized spacial score (nSPS) is 15.7. The molecule has 1 aromatic rings. The molecule has 1 heterocycles. The van der Waals surface area contributed by atoms with Crippen LogP contribution in [0.15, 0.2) is 23.3 Å². The molecule has 6 heteroatoms. The average molecular weight is 238 g/mol. The summed E-state index contributed by atoms with van der Waals surface area (Å²) in [5, 5.41) is 3.37. The van der Waals surface area contributed by atoms with E-state index in [4.69, 9.17) is 5.53 Å². The lowest BCUT2D eigenvalue weighted by atomic mass is 10.2. The molecule has 0 amide bonds. The van der Waals surface area contributed by atoms with Crippen molar-refractivity contribution in [2.45, 2.75) is 0 Å². The first kappa shape index (κ1) is 11.1. The number of benzene rings is 1. The number of rotatable bonds is 2. The molecule has 0 atom stereocenters. The Labute approximate surface area is 97.1 Å². The van der Waals surface area contributed by atoms with Gasteiger partial charge < -0.3 is 4.90 Å². The van der Waals surface area contributed by atoms with Gasteiger partial charge in [0, 0.05) is 35.2 Å². The fourth-order valence-corrected chi connectivity index (χ4v) is 2.57. The topological polar surface area (TPSA) is 52.0 Å². The molecular formula is C10H11FN4S. The predicted molar refractivity (Wildman–Crippen MR) is 64.7 cm³/mol. The average Bonchev–Trinajstić information content (AvgIpc) is 2.31. The van der Waals surface area contributed by atoms with Crippen molar-refractivity contribution in [1.29, 1.82) is 0 Å². The van der Waals surface area contributed by atoms with Crippen molar-refractivity contribution in [3.05, 3.63) is 34.5 Å². The minimum atomic E-state index is -0.322. The maximum atomic E-state index is 13.7. The van der Waals surface area contributed by atoms with Crippen LogP contribution in [0.3, 0.4) is 0 Å². The maximum Gasteiger partial charge on any atom is 0.146 e. The monoisotopic (exact) mass is 238 g/mol. The highest BCUT2D eigenvalue weighted by molar-refractivity contribution is 7.99. The summed E-state index contributed by atoms with van der Waals surface area (Å²) in [4.78, 5) is 4.65. The summed E-state index contributed by atoms with van der Waals surface area (Å²) in [6.07, 6.45) is 0. The van der Waals surface area contributed by atoms with Crippen LogP contribution in [0.4, 0.5) is 15.8 Å². The number of hydrogen-bond donors (Lipinski definition) is 0. The number of nitrogens with zero attached hydrogens (tertiary/aromatic N) is 4. The van der Waals surface area contributed by atoms with E-state index < -0.39 is 0 Å². The zero-order valence-electron chi connectivity index (χ0n) is 8.64. The molecule has 84 valence electrons. The third kappa shape index (κ3) is 2.40. The summed E-state index contributed by atoms with van der Waals surface area (Å²) in [5.41, 5.74) is 9.16. The summed E-state index contributed by atoms with van der Waals surface area (Å²) in [5.74, 6) is 1.73. The second-order valence-corrected chi connectivity index (χ2v) is 4.65. The molecule has 0 saturated carbocycles. The SMILES string of the molecule is [N-]=[N+]=Nc1ccc(N2CCSCC2)c(F)c1. The summed E-state index contributed by atoms with van der Waals surface area (Å²) in [7, 11) is 0. The molecule has 0 bridgehead atoms. The Bertz CT molecular complexity index is 425. The van der Waals surface area contributed by atoms with Crippen LogP contribution in [0.5, 0.6) is 0 Å². The van der Waals surface area contributed by atoms with E-state index in [1.54, 1.807) is 12.1 Å². The molecule has 0 unspecified atom stereocenters. The molecule has 0 radical (unpaired) electrons. The molecule has 1 fully saturated rings. The summed E-state index contributed by atoms with van der Waals surface area (Å²) in [6.45, 7) is 1.73. The highest BCUT2D eigenvalue weighted by Crippen LogP contribution is 2.26. The van der Waals surface area contributed by atoms with Gasteiger partial charge >= 0.3 is 0 Å². The highest BCUT2D eigenvalue weighted by Gasteiger charge is 2.14. The maximum absolute atomic E-state index is 13.7. The van der Waals surface area contributed by atoms with Gasteiger partial charge in [0.15, 0.2) is 0 Å². The molecule has 0 N–H and O–H groups in total. The van der Waals surface area contributed by atoms with Crippen molar-refractivity contribution in [1.82, 2.24) is 0 Å². The Hall–Kier alpha value is -1.39. The van der Waals surface area contributed by atoms with Crippen LogP contribution < -0.4 is 4.90 Å². The molecule has 1 aliphatic rings. The molecule has 0 aliphatic carbocycles. The van der Waals surface area contributed by atoms with Crippen molar-refractivity contribution in [2.24, 2.45) is 5.11 Å². The van der Waals surface area contributed by atoms with Crippen LogP contribution >= 0.6 is 11.8 Å². The number of halogens is 1. The Morgan fingerprint density at radius 1 is 1.38 bits per heavy atom. The van der Waals surface area contributed by atoms with E-state index in [9.17, 15) is 4.39 Å². The lowest BCUT2D eigenvalue weighted by Gasteiger charge is -2.28. The van der Waals surface area contributed by atoms with Gasteiger partial charge in [-0.05, 0) is 17.7 Å². The third-order valence-corrected chi connectivity index (χ3v) is 3.39. The van der Waals surface area contributed by atoms with Crippen molar-refractivity contribution in [3.8, 4) is 0 Å². The van der Waals surface area contributed by atoms with Gasteiger partial charge in [0.2, 0.25) is 0 Å². The van der Waals surface area contributed by atoms with Gasteiger partial charge in [0.05, 0.1) is 5.69 Å². The van der Waals surface area contributed by atoms with E-state index in [-0.39, 0.29) is 5.82 Å². The number of hydrogen-bond acceptors (Lipinski definition) is 3. The van der Waals surface area contributed by atoms with Crippen molar-refractivity contribution >= 4 is 23.1 Å². The molecule has 1 saturated heterocycles. The van der Waals surface area contributed by atoms with Gasteiger partial charge in [0.25, 0.3) is 0 Å². The minimum absolute atomic E-state index is 0.315. The zero-order chi connectivity index (χ0) is 11.4. The van der Waals surface area contributed by atoms with Crippen LogP contribution in [-0.2, 0) is 0 Å². The Morgan fingerprint density at radius 3 is 2.75 bits per heavy atom. The molecule has 1 aliphatic heterocycles. The van der Waals surface area contributed by atoms with Crippen LogP contribution in [0.2, 0.25) is 0 Å². The molecule has 0 spiro atoms. The van der Waals surface area contributed by atoms with E-state index in [0.29, 0.717) is 11.4 Å². The molecule has 2 rings (SSSR count). The fraction of sp³-hybridized carbons (Fsp3) is 0.400. The second kappa shape index (κ2) is 5.09. The summed E-state index contributed by atoms with van der Waals surface area (Å²) >= 11 is 1.88. The number of azide groups is 1. The van der Waals surface area contributed by atoms with Gasteiger partial charge in [-0.25, -0.2) is 4.39 Å². The van der Waals surface area contributed by atoms with Crippen molar-refractivity contribution in [2.75, 3.05) is 29.5 Å². The highest BCUT2D eigenvalue weighted by atomic mass is 32.2. The number of thioether (sulfide) groups is 1. The van der Waals surface area contributed by atoms with E-state index in [2.05, 4.69) is 10.0 Å². The first-order valence-corrected chi connectivity index (χ1v) is 6.14. The molecule has 0 aromatic heterocycles. The molecular weight excluding hydrogens is 227 g/mol. The molecule has 16 heavy (non-hydrogen) atoms. The Kier molecular flexibility index (Phi) is 3.54. The van der Waals surface area contributed by atoms with E-state index in [0.717, 1.165) is 24.6 Å². The van der Waals surface area contributed by atoms with Gasteiger partial charge in [0.1, 0.15) is 5.82 Å². The molecule has 1 aromatic carbocycles. The van der Waals surface area contributed by atoms with Gasteiger partial charge in [-0.3, -0.25) is 0 Å². The van der Waals surface area contributed by atoms with Crippen LogP contribution in [-0.4, -0.2) is 24.6 Å². The summed E-state index contributed by atoms with van der Waals surface area (Å²) in [6, 6.07) is 4.59. The first-order chi connectivity index (χ1) is 7.81. The lowest BCUT2D eigenvalue weighted by Crippen LogP contribution is -2.32. The van der Waals surface area contributed by atoms with E-state index >= 15 is 0 Å². The zero-order valence-corrected chi connectivity index (χ0v) is 9.45. The van der Waals surface area contributed by atoms with Crippen LogP contribution in [0.1, 0.15) is 0 Å².